The van der Waals surface area contributed by atoms with Gasteiger partial charge in [-0.3, -0.25) is 4.79 Å². The summed E-state index contributed by atoms with van der Waals surface area (Å²) in [6.45, 7) is 2.45. The molecular formula is C19H20N4O7S. The molecule has 3 heterocycles. The van der Waals surface area contributed by atoms with Crippen molar-refractivity contribution in [3.05, 3.63) is 36.0 Å². The maximum absolute atomic E-state index is 13.2. The zero-order valence-electron chi connectivity index (χ0n) is 16.8. The molecule has 2 aromatic rings. The Labute approximate surface area is 177 Å². The van der Waals surface area contributed by atoms with Gasteiger partial charge in [0, 0.05) is 5.56 Å². The molecule has 1 N–H and O–H groups in total. The number of rotatable bonds is 6. The molecule has 2 aliphatic heterocycles. The van der Waals surface area contributed by atoms with Crippen molar-refractivity contribution in [3.63, 3.8) is 0 Å². The van der Waals surface area contributed by atoms with E-state index in [-0.39, 0.29) is 24.4 Å². The van der Waals surface area contributed by atoms with E-state index in [1.165, 1.54) is 6.92 Å². The highest BCUT2D eigenvalue weighted by atomic mass is 32.2. The molecule has 12 heteroatoms. The fourth-order valence-corrected chi connectivity index (χ4v) is 6.55. The van der Waals surface area contributed by atoms with E-state index in [4.69, 9.17) is 4.74 Å². The van der Waals surface area contributed by atoms with Gasteiger partial charge in [0.2, 0.25) is 5.91 Å². The Balaban J connectivity index is 1.83. The average Bonchev–Trinajstić information content (AvgIpc) is 3.18. The van der Waals surface area contributed by atoms with Gasteiger partial charge in [0.25, 0.3) is 0 Å². The first-order valence-corrected chi connectivity index (χ1v) is 11.1. The van der Waals surface area contributed by atoms with Gasteiger partial charge in [-0.15, -0.1) is 5.10 Å². The molecule has 11 nitrogen and oxygen atoms in total. The molecule has 3 atom stereocenters. The minimum absolute atomic E-state index is 0.0654. The van der Waals surface area contributed by atoms with E-state index in [0.29, 0.717) is 5.56 Å². The molecule has 2 saturated heterocycles. The largest absolute Gasteiger partial charge is 0.480 e. The van der Waals surface area contributed by atoms with Crippen molar-refractivity contribution < 1.29 is 32.6 Å². The smallest absolute Gasteiger partial charge is 0.358 e. The number of hydrogen-bond donors (Lipinski definition) is 1. The van der Waals surface area contributed by atoms with Crippen LogP contribution in [0.15, 0.2) is 30.3 Å². The van der Waals surface area contributed by atoms with Gasteiger partial charge in [-0.25, -0.2) is 22.7 Å². The maximum atomic E-state index is 13.2. The molecule has 0 aliphatic carbocycles. The number of fused-ring (bicyclic) bond motifs is 1. The quantitative estimate of drug-likeness (QED) is 0.487. The van der Waals surface area contributed by atoms with Gasteiger partial charge in [0.1, 0.15) is 15.8 Å². The van der Waals surface area contributed by atoms with Crippen molar-refractivity contribution in [1.29, 1.82) is 0 Å². The highest BCUT2D eigenvalue weighted by molar-refractivity contribution is 7.93. The Morgan fingerprint density at radius 2 is 1.97 bits per heavy atom. The van der Waals surface area contributed by atoms with E-state index in [2.05, 4.69) is 10.3 Å². The van der Waals surface area contributed by atoms with Crippen LogP contribution in [0, 0.1) is 0 Å². The van der Waals surface area contributed by atoms with Crippen LogP contribution in [0.2, 0.25) is 0 Å². The molecule has 164 valence electrons. The summed E-state index contributed by atoms with van der Waals surface area (Å²) in [4.78, 5) is 37.6. The van der Waals surface area contributed by atoms with Crippen LogP contribution in [-0.2, 0) is 30.7 Å². The van der Waals surface area contributed by atoms with Crippen molar-refractivity contribution in [2.45, 2.75) is 43.0 Å². The topological polar surface area (TPSA) is 149 Å². The predicted molar refractivity (Wildman–Crippen MR) is 105 cm³/mol. The Bertz CT molecular complexity index is 1180. The second-order valence-corrected chi connectivity index (χ2v) is 10.2. The summed E-state index contributed by atoms with van der Waals surface area (Å²) >= 11 is 0. The van der Waals surface area contributed by atoms with E-state index >= 15 is 0 Å². The van der Waals surface area contributed by atoms with Crippen LogP contribution in [0.5, 0.6) is 0 Å². The maximum Gasteiger partial charge on any atom is 0.358 e. The third-order valence-electron chi connectivity index (χ3n) is 5.76. The van der Waals surface area contributed by atoms with Crippen LogP contribution in [-0.4, -0.2) is 74.0 Å². The Hall–Kier alpha value is -3.28. The van der Waals surface area contributed by atoms with E-state index in [1.807, 2.05) is 0 Å². The van der Waals surface area contributed by atoms with Crippen molar-refractivity contribution in [2.24, 2.45) is 0 Å². The molecule has 0 unspecified atom stereocenters. The average molecular weight is 448 g/mol. The van der Waals surface area contributed by atoms with Gasteiger partial charge < -0.3 is 14.7 Å². The molecule has 2 aliphatic rings. The van der Waals surface area contributed by atoms with E-state index in [1.54, 1.807) is 37.3 Å². The molecular weight excluding hydrogens is 428 g/mol. The van der Waals surface area contributed by atoms with Crippen molar-refractivity contribution in [1.82, 2.24) is 19.9 Å². The number of nitrogens with zero attached hydrogens (tertiary/aromatic N) is 4. The molecule has 31 heavy (non-hydrogen) atoms. The third kappa shape index (κ3) is 2.92. The number of ether oxygens (including phenoxy) is 1. The van der Waals surface area contributed by atoms with E-state index < -0.39 is 50.4 Å². The number of aliphatic carboxylic acids is 1. The number of benzene rings is 1. The minimum atomic E-state index is -4.08. The van der Waals surface area contributed by atoms with Gasteiger partial charge in [-0.05, 0) is 13.8 Å². The lowest BCUT2D eigenvalue weighted by Crippen LogP contribution is -2.58. The number of esters is 1. The first-order valence-electron chi connectivity index (χ1n) is 9.57. The molecule has 4 rings (SSSR count). The van der Waals surface area contributed by atoms with Crippen LogP contribution < -0.4 is 0 Å². The third-order valence-corrected chi connectivity index (χ3v) is 8.52. The summed E-state index contributed by atoms with van der Waals surface area (Å²) in [7, 11) is -4.08. The highest BCUT2D eigenvalue weighted by Gasteiger charge is 2.70. The second kappa shape index (κ2) is 7.15. The number of carbonyl (C=O) groups excluding carboxylic acids is 2. The van der Waals surface area contributed by atoms with Crippen LogP contribution in [0.25, 0.3) is 11.3 Å². The molecule has 0 bridgehead atoms. The standard InChI is InChI=1S/C19H20N4O7S/c1-3-30-18(27)15-14(11-7-5-4-6-8-11)20-21-22(15)10-19(2)16(17(25)26)23-12(24)9-13(23)31(19,28)29/h4-8,13,16H,3,9-10H2,1-2H3,(H,25,26)/t13-,16+,19+/m1/s1. The van der Waals surface area contributed by atoms with Crippen molar-refractivity contribution >= 4 is 27.7 Å². The molecule has 0 saturated carbocycles. The van der Waals surface area contributed by atoms with E-state index in [9.17, 15) is 27.9 Å². The van der Waals surface area contributed by atoms with Crippen molar-refractivity contribution in [3.8, 4) is 11.3 Å². The minimum Gasteiger partial charge on any atom is -0.480 e. The predicted octanol–water partition coefficient (Wildman–Crippen LogP) is 0.321. The zero-order valence-corrected chi connectivity index (χ0v) is 17.6. The lowest BCUT2D eigenvalue weighted by atomic mass is 9.96. The van der Waals surface area contributed by atoms with Crippen LogP contribution in [0.4, 0.5) is 0 Å². The van der Waals surface area contributed by atoms with Gasteiger partial charge >= 0.3 is 11.9 Å². The number of hydrogen-bond acceptors (Lipinski definition) is 8. The normalized spacial score (nSPS) is 26.3. The first-order chi connectivity index (χ1) is 14.6. The second-order valence-electron chi connectivity index (χ2n) is 7.59. The van der Waals surface area contributed by atoms with Crippen LogP contribution in [0.3, 0.4) is 0 Å². The molecule has 1 amide bonds. The summed E-state index contributed by atoms with van der Waals surface area (Å²) in [6, 6.07) is 7.06. The fourth-order valence-electron chi connectivity index (χ4n) is 4.20. The monoisotopic (exact) mass is 448 g/mol. The Morgan fingerprint density at radius 1 is 1.29 bits per heavy atom. The zero-order chi connectivity index (χ0) is 22.6. The van der Waals surface area contributed by atoms with Crippen LogP contribution in [0.1, 0.15) is 30.8 Å². The SMILES string of the molecule is CCOC(=O)c1c(-c2ccccc2)nnn1C[C@@]1(C)[C@H](C(=O)O)N2C(=O)C[C@H]2S1(=O)=O. The molecule has 0 spiro atoms. The summed E-state index contributed by atoms with van der Waals surface area (Å²) in [5.74, 6) is -2.75. The number of carbonyl (C=O) groups is 3. The summed E-state index contributed by atoms with van der Waals surface area (Å²) in [6.07, 6.45) is -0.265. The molecule has 1 aromatic carbocycles. The summed E-state index contributed by atoms with van der Waals surface area (Å²) in [5, 5.41) is 16.5. The summed E-state index contributed by atoms with van der Waals surface area (Å²) < 4.78 is 30.6. The fraction of sp³-hybridized carbons (Fsp3) is 0.421. The molecule has 1 aromatic heterocycles. The number of amides is 1. The summed E-state index contributed by atoms with van der Waals surface area (Å²) in [5.41, 5.74) is 0.656. The number of sulfone groups is 1. The molecule has 2 fully saturated rings. The van der Waals surface area contributed by atoms with Crippen LogP contribution >= 0.6 is 0 Å². The lowest BCUT2D eigenvalue weighted by molar-refractivity contribution is -0.157. The number of β-lactam (4-membered cyclic amide) rings is 1. The highest BCUT2D eigenvalue weighted by Crippen LogP contribution is 2.47. The van der Waals surface area contributed by atoms with Gasteiger partial charge in [0.15, 0.2) is 21.6 Å². The van der Waals surface area contributed by atoms with E-state index in [0.717, 1.165) is 9.58 Å². The molecule has 0 radical (unpaired) electrons. The first kappa shape index (κ1) is 21.0. The van der Waals surface area contributed by atoms with Gasteiger partial charge in [-0.2, -0.15) is 0 Å². The van der Waals surface area contributed by atoms with Gasteiger partial charge in [0.05, 0.1) is 19.6 Å². The van der Waals surface area contributed by atoms with Gasteiger partial charge in [-0.1, -0.05) is 35.5 Å². The lowest BCUT2D eigenvalue weighted by Gasteiger charge is -2.35. The number of carboxylic acid groups (broad SMARTS) is 1. The Morgan fingerprint density at radius 3 is 2.55 bits per heavy atom. The van der Waals surface area contributed by atoms with Crippen molar-refractivity contribution in [2.75, 3.05) is 6.61 Å². The Kier molecular flexibility index (Phi) is 4.84. The number of carboxylic acids is 1. The number of aromatic nitrogens is 3.